The first-order valence-electron chi connectivity index (χ1n) is 5.05. The maximum Gasteiger partial charge on any atom is 0.216 e. The molecule has 0 radical (unpaired) electrons. The Labute approximate surface area is 94.1 Å². The summed E-state index contributed by atoms with van der Waals surface area (Å²) in [6.07, 6.45) is 4.29. The molecule has 86 valence electrons. The summed E-state index contributed by atoms with van der Waals surface area (Å²) in [5.74, 6) is -0.366. The quantitative estimate of drug-likeness (QED) is 0.604. The Balaban J connectivity index is 2.49. The van der Waals surface area contributed by atoms with Gasteiger partial charge in [-0.1, -0.05) is 12.2 Å². The zero-order chi connectivity index (χ0) is 12.0. The molecule has 3 nitrogen and oxygen atoms in total. The highest BCUT2D eigenvalue weighted by Crippen LogP contribution is 2.14. The van der Waals surface area contributed by atoms with E-state index in [2.05, 4.69) is 5.32 Å². The highest BCUT2D eigenvalue weighted by Gasteiger charge is 1.96. The van der Waals surface area contributed by atoms with Crippen molar-refractivity contribution in [2.75, 3.05) is 12.3 Å². The number of amides is 1. The Bertz CT molecular complexity index is 402. The SMILES string of the molecule is CC(=O)NCCC=Cc1cc(F)ccc1N. The topological polar surface area (TPSA) is 55.1 Å². The predicted octanol–water partition coefficient (Wildman–Crippen LogP) is 1.95. The number of carbonyl (C=O) groups excluding carboxylic acids is 1. The highest BCUT2D eigenvalue weighted by molar-refractivity contribution is 5.72. The minimum Gasteiger partial charge on any atom is -0.398 e. The number of benzene rings is 1. The van der Waals surface area contributed by atoms with Gasteiger partial charge in [0.15, 0.2) is 0 Å². The molecule has 1 amide bonds. The number of halogens is 1. The van der Waals surface area contributed by atoms with E-state index in [-0.39, 0.29) is 11.7 Å². The zero-order valence-corrected chi connectivity index (χ0v) is 9.16. The van der Waals surface area contributed by atoms with E-state index in [0.717, 1.165) is 0 Å². The third-order valence-corrected chi connectivity index (χ3v) is 2.03. The summed E-state index contributed by atoms with van der Waals surface area (Å²) in [5, 5.41) is 2.66. The summed E-state index contributed by atoms with van der Waals surface area (Å²) in [6, 6.07) is 4.23. The molecule has 0 spiro atoms. The molecule has 0 aliphatic rings. The lowest BCUT2D eigenvalue weighted by Gasteiger charge is -2.00. The molecule has 0 unspecified atom stereocenters. The number of carbonyl (C=O) groups is 1. The first kappa shape index (κ1) is 12.2. The van der Waals surface area contributed by atoms with E-state index in [9.17, 15) is 9.18 Å². The van der Waals surface area contributed by atoms with Crippen LogP contribution in [0.3, 0.4) is 0 Å². The van der Waals surface area contributed by atoms with Crippen molar-refractivity contribution in [1.82, 2.24) is 5.32 Å². The number of hydrogen-bond donors (Lipinski definition) is 2. The van der Waals surface area contributed by atoms with Gasteiger partial charge in [-0.15, -0.1) is 0 Å². The van der Waals surface area contributed by atoms with Gasteiger partial charge in [-0.2, -0.15) is 0 Å². The molecule has 0 atom stereocenters. The molecule has 0 heterocycles. The van der Waals surface area contributed by atoms with Gasteiger partial charge in [-0.3, -0.25) is 4.79 Å². The van der Waals surface area contributed by atoms with E-state index in [0.29, 0.717) is 24.2 Å². The zero-order valence-electron chi connectivity index (χ0n) is 9.16. The van der Waals surface area contributed by atoms with Crippen molar-refractivity contribution in [1.29, 1.82) is 0 Å². The van der Waals surface area contributed by atoms with Gasteiger partial charge in [0, 0.05) is 19.2 Å². The van der Waals surface area contributed by atoms with E-state index in [1.165, 1.54) is 25.1 Å². The first-order chi connectivity index (χ1) is 7.59. The van der Waals surface area contributed by atoms with Crippen LogP contribution in [0.4, 0.5) is 10.1 Å². The standard InChI is InChI=1S/C12H15FN2O/c1-9(16)15-7-3-2-4-10-8-11(13)5-6-12(10)14/h2,4-6,8H,3,7,14H2,1H3,(H,15,16). The summed E-state index contributed by atoms with van der Waals surface area (Å²) in [4.78, 5) is 10.6. The summed E-state index contributed by atoms with van der Waals surface area (Å²) in [5.41, 5.74) is 6.86. The lowest BCUT2D eigenvalue weighted by atomic mass is 10.1. The molecule has 0 saturated carbocycles. The Kier molecular flexibility index (Phi) is 4.51. The second-order valence-electron chi connectivity index (χ2n) is 3.45. The number of rotatable bonds is 4. The molecular formula is C12H15FN2O. The van der Waals surface area contributed by atoms with Crippen LogP contribution in [0, 0.1) is 5.82 Å². The number of nitrogen functional groups attached to an aromatic ring is 1. The normalized spacial score (nSPS) is 10.6. The van der Waals surface area contributed by atoms with Gasteiger partial charge >= 0.3 is 0 Å². The molecule has 1 rings (SSSR count). The van der Waals surface area contributed by atoms with Crippen LogP contribution in [0.15, 0.2) is 24.3 Å². The average molecular weight is 222 g/mol. The predicted molar refractivity (Wildman–Crippen MR) is 63.1 cm³/mol. The van der Waals surface area contributed by atoms with Crippen molar-refractivity contribution in [3.05, 3.63) is 35.7 Å². The third-order valence-electron chi connectivity index (χ3n) is 2.03. The van der Waals surface area contributed by atoms with Gasteiger partial charge in [0.25, 0.3) is 0 Å². The molecule has 0 aliphatic carbocycles. The van der Waals surface area contributed by atoms with Crippen molar-refractivity contribution in [3.8, 4) is 0 Å². The van der Waals surface area contributed by atoms with Crippen molar-refractivity contribution in [3.63, 3.8) is 0 Å². The van der Waals surface area contributed by atoms with Gasteiger partial charge in [0.05, 0.1) is 0 Å². The smallest absolute Gasteiger partial charge is 0.216 e. The Morgan fingerprint density at radius 2 is 2.31 bits per heavy atom. The fourth-order valence-corrected chi connectivity index (χ4v) is 1.23. The van der Waals surface area contributed by atoms with Crippen LogP contribution in [-0.4, -0.2) is 12.5 Å². The Morgan fingerprint density at radius 1 is 1.56 bits per heavy atom. The number of anilines is 1. The fraction of sp³-hybridized carbons (Fsp3) is 0.250. The molecule has 3 N–H and O–H groups in total. The lowest BCUT2D eigenvalue weighted by molar-refractivity contribution is -0.118. The largest absolute Gasteiger partial charge is 0.398 e. The Hall–Kier alpha value is -1.84. The minimum atomic E-state index is -0.310. The Morgan fingerprint density at radius 3 is 3.00 bits per heavy atom. The molecule has 0 bridgehead atoms. The van der Waals surface area contributed by atoms with Gasteiger partial charge < -0.3 is 11.1 Å². The van der Waals surface area contributed by atoms with Crippen LogP contribution in [0.1, 0.15) is 18.9 Å². The molecule has 1 aromatic rings. The molecule has 0 aromatic heterocycles. The van der Waals surface area contributed by atoms with Crippen LogP contribution in [0.25, 0.3) is 6.08 Å². The van der Waals surface area contributed by atoms with Crippen LogP contribution < -0.4 is 11.1 Å². The summed E-state index contributed by atoms with van der Waals surface area (Å²) in [7, 11) is 0. The molecule has 0 fully saturated rings. The number of nitrogens with one attached hydrogen (secondary N) is 1. The maximum atomic E-state index is 12.9. The van der Waals surface area contributed by atoms with Crippen molar-refractivity contribution in [2.24, 2.45) is 0 Å². The summed E-state index contributed by atoms with van der Waals surface area (Å²) < 4.78 is 12.9. The van der Waals surface area contributed by atoms with Gasteiger partial charge in [-0.05, 0) is 30.2 Å². The van der Waals surface area contributed by atoms with E-state index in [4.69, 9.17) is 5.73 Å². The molecule has 0 aliphatic heterocycles. The van der Waals surface area contributed by atoms with Crippen LogP contribution >= 0.6 is 0 Å². The van der Waals surface area contributed by atoms with E-state index >= 15 is 0 Å². The monoisotopic (exact) mass is 222 g/mol. The van der Waals surface area contributed by atoms with E-state index in [1.54, 1.807) is 6.08 Å². The fourth-order valence-electron chi connectivity index (χ4n) is 1.23. The highest BCUT2D eigenvalue weighted by atomic mass is 19.1. The summed E-state index contributed by atoms with van der Waals surface area (Å²) in [6.45, 7) is 2.04. The second kappa shape index (κ2) is 5.90. The van der Waals surface area contributed by atoms with Crippen LogP contribution in [0.5, 0.6) is 0 Å². The maximum absolute atomic E-state index is 12.9. The number of hydrogen-bond acceptors (Lipinski definition) is 2. The molecule has 1 aromatic carbocycles. The second-order valence-corrected chi connectivity index (χ2v) is 3.45. The molecule has 4 heteroatoms. The number of nitrogens with two attached hydrogens (primary N) is 1. The van der Waals surface area contributed by atoms with Crippen LogP contribution in [-0.2, 0) is 4.79 Å². The van der Waals surface area contributed by atoms with Crippen LogP contribution in [0.2, 0.25) is 0 Å². The van der Waals surface area contributed by atoms with Crippen molar-refractivity contribution < 1.29 is 9.18 Å². The van der Waals surface area contributed by atoms with Gasteiger partial charge in [-0.25, -0.2) is 4.39 Å². The van der Waals surface area contributed by atoms with Gasteiger partial charge in [0.1, 0.15) is 5.82 Å². The summed E-state index contributed by atoms with van der Waals surface area (Å²) >= 11 is 0. The first-order valence-corrected chi connectivity index (χ1v) is 5.05. The molecular weight excluding hydrogens is 207 g/mol. The van der Waals surface area contributed by atoms with E-state index in [1.807, 2.05) is 6.08 Å². The van der Waals surface area contributed by atoms with Crippen molar-refractivity contribution in [2.45, 2.75) is 13.3 Å². The molecule has 0 saturated heterocycles. The van der Waals surface area contributed by atoms with Gasteiger partial charge in [0.2, 0.25) is 5.91 Å². The average Bonchev–Trinajstić information content (AvgIpc) is 2.22. The lowest BCUT2D eigenvalue weighted by Crippen LogP contribution is -2.20. The van der Waals surface area contributed by atoms with Crippen molar-refractivity contribution >= 4 is 17.7 Å². The third kappa shape index (κ3) is 4.13. The molecule has 16 heavy (non-hydrogen) atoms. The minimum absolute atomic E-state index is 0.0568. The van der Waals surface area contributed by atoms with E-state index < -0.39 is 0 Å².